The summed E-state index contributed by atoms with van der Waals surface area (Å²) in [6.45, 7) is 5.28. The maximum atomic E-state index is 12.5. The number of hydrogen-bond acceptors (Lipinski definition) is 4. The summed E-state index contributed by atoms with van der Waals surface area (Å²) >= 11 is 5.43. The number of thiocarbonyl (C=S) groups is 1. The van der Waals surface area contributed by atoms with Crippen LogP contribution in [0.15, 0.2) is 41.6 Å². The Bertz CT molecular complexity index is 670. The molecule has 0 N–H and O–H groups in total. The molecule has 1 aliphatic heterocycles. The molecule has 1 atom stereocenters. The molecule has 0 aromatic heterocycles. The van der Waals surface area contributed by atoms with Crippen molar-refractivity contribution in [2.24, 2.45) is 0 Å². The lowest BCUT2D eigenvalue weighted by Gasteiger charge is -2.42. The number of nitrogens with zero attached hydrogens (tertiary/aromatic N) is 2. The van der Waals surface area contributed by atoms with Crippen LogP contribution in [0.25, 0.3) is 0 Å². The first-order chi connectivity index (χ1) is 10.9. The number of carbonyl (C=O) groups is 2. The van der Waals surface area contributed by atoms with Gasteiger partial charge in [0, 0.05) is 19.7 Å². The van der Waals surface area contributed by atoms with E-state index in [4.69, 9.17) is 17.0 Å². The molecule has 0 radical (unpaired) electrons. The lowest BCUT2D eigenvalue weighted by molar-refractivity contribution is -0.140. The Morgan fingerprint density at radius 3 is 2.39 bits per heavy atom. The fraction of sp³-hybridized carbons (Fsp3) is 0.353. The third kappa shape index (κ3) is 3.12. The van der Waals surface area contributed by atoms with Crippen molar-refractivity contribution >= 4 is 29.2 Å². The van der Waals surface area contributed by atoms with Gasteiger partial charge < -0.3 is 9.64 Å². The van der Waals surface area contributed by atoms with E-state index in [1.165, 1.54) is 11.8 Å². The van der Waals surface area contributed by atoms with Gasteiger partial charge in [-0.15, -0.1) is 0 Å². The van der Waals surface area contributed by atoms with Crippen molar-refractivity contribution in [3.05, 3.63) is 47.2 Å². The van der Waals surface area contributed by atoms with Crippen molar-refractivity contribution in [2.75, 3.05) is 13.7 Å². The van der Waals surface area contributed by atoms with Gasteiger partial charge in [-0.3, -0.25) is 9.69 Å². The number of esters is 1. The number of carbonyl (C=O) groups excluding carboxylic acids is 2. The second kappa shape index (κ2) is 6.91. The molecule has 1 aromatic rings. The number of amides is 1. The molecule has 1 aliphatic rings. The van der Waals surface area contributed by atoms with E-state index >= 15 is 0 Å². The molecule has 0 aliphatic carbocycles. The van der Waals surface area contributed by atoms with Gasteiger partial charge in [0.05, 0.1) is 18.2 Å². The number of benzene rings is 1. The Kier molecular flexibility index (Phi) is 5.15. The van der Waals surface area contributed by atoms with Crippen LogP contribution in [0.2, 0.25) is 0 Å². The highest BCUT2D eigenvalue weighted by Crippen LogP contribution is 2.37. The quantitative estimate of drug-likeness (QED) is 0.629. The zero-order valence-corrected chi connectivity index (χ0v) is 14.5. The topological polar surface area (TPSA) is 49.9 Å². The zero-order chi connectivity index (χ0) is 17.1. The highest BCUT2D eigenvalue weighted by atomic mass is 32.1. The molecule has 0 bridgehead atoms. The van der Waals surface area contributed by atoms with Gasteiger partial charge in [0.2, 0.25) is 5.91 Å². The Morgan fingerprint density at radius 1 is 1.26 bits per heavy atom. The van der Waals surface area contributed by atoms with E-state index in [-0.39, 0.29) is 12.5 Å². The van der Waals surface area contributed by atoms with Crippen LogP contribution in [0.3, 0.4) is 0 Å². The van der Waals surface area contributed by atoms with Crippen molar-refractivity contribution < 1.29 is 14.3 Å². The van der Waals surface area contributed by atoms with Crippen LogP contribution >= 0.6 is 12.2 Å². The summed E-state index contributed by atoms with van der Waals surface area (Å²) in [6.07, 6.45) is 0. The van der Waals surface area contributed by atoms with Gasteiger partial charge in [0.25, 0.3) is 0 Å². The molecule has 5 nitrogen and oxygen atoms in total. The van der Waals surface area contributed by atoms with Crippen molar-refractivity contribution in [3.8, 4) is 0 Å². The van der Waals surface area contributed by atoms with E-state index in [9.17, 15) is 9.59 Å². The maximum absolute atomic E-state index is 12.5. The van der Waals surface area contributed by atoms with Crippen LogP contribution in [0.5, 0.6) is 0 Å². The van der Waals surface area contributed by atoms with E-state index in [2.05, 4.69) is 0 Å². The molecule has 1 heterocycles. The zero-order valence-electron chi connectivity index (χ0n) is 13.7. The highest BCUT2D eigenvalue weighted by Gasteiger charge is 2.40. The summed E-state index contributed by atoms with van der Waals surface area (Å²) in [5.41, 5.74) is 1.95. The Morgan fingerprint density at radius 2 is 1.87 bits per heavy atom. The average molecular weight is 332 g/mol. The fourth-order valence-electron chi connectivity index (χ4n) is 2.66. The van der Waals surface area contributed by atoms with Gasteiger partial charge in [-0.25, -0.2) is 4.79 Å². The highest BCUT2D eigenvalue weighted by molar-refractivity contribution is 7.80. The van der Waals surface area contributed by atoms with Gasteiger partial charge >= 0.3 is 5.97 Å². The Balaban J connectivity index is 2.67. The average Bonchev–Trinajstić information content (AvgIpc) is 2.52. The number of ether oxygens (including phenoxy) is 1. The standard InChI is InChI=1S/C17H20N2O3S/c1-5-22-16(21)14-11(2)18(4)17(23)19(12(3)20)15(14)13-9-7-6-8-10-13/h6-10,15H,5H2,1-4H3/t15-/m0/s1. The predicted octanol–water partition coefficient (Wildman–Crippen LogP) is 2.64. The van der Waals surface area contributed by atoms with Crippen molar-refractivity contribution in [1.29, 1.82) is 0 Å². The van der Waals surface area contributed by atoms with Gasteiger partial charge in [-0.05, 0) is 31.6 Å². The molecule has 0 saturated heterocycles. The minimum Gasteiger partial charge on any atom is -0.463 e. The Hall–Kier alpha value is -2.21. The lowest BCUT2D eigenvalue weighted by atomic mass is 9.93. The largest absolute Gasteiger partial charge is 0.463 e. The Labute approximate surface area is 141 Å². The van der Waals surface area contributed by atoms with Gasteiger partial charge in [0.15, 0.2) is 5.11 Å². The first kappa shape index (κ1) is 17.1. The van der Waals surface area contributed by atoms with Gasteiger partial charge in [-0.1, -0.05) is 30.3 Å². The SMILES string of the molecule is CCOC(=O)C1=C(C)N(C)C(=S)N(C(C)=O)[C@H]1c1ccccc1. The fourth-order valence-corrected chi connectivity index (χ4v) is 3.03. The molecule has 1 amide bonds. The second-order valence-electron chi connectivity index (χ2n) is 5.26. The first-order valence-corrected chi connectivity index (χ1v) is 7.81. The molecule has 0 spiro atoms. The van der Waals surface area contributed by atoms with Crippen molar-refractivity contribution in [3.63, 3.8) is 0 Å². The molecule has 0 unspecified atom stereocenters. The number of rotatable bonds is 3. The molecule has 0 saturated carbocycles. The third-order valence-corrected chi connectivity index (χ3v) is 4.34. The monoisotopic (exact) mass is 332 g/mol. The summed E-state index contributed by atoms with van der Waals surface area (Å²) in [5.74, 6) is -0.649. The molecule has 0 fully saturated rings. The van der Waals surface area contributed by atoms with E-state index in [1.807, 2.05) is 37.3 Å². The number of allylic oxidation sites excluding steroid dienone is 1. The van der Waals surface area contributed by atoms with Crippen LogP contribution in [0.1, 0.15) is 32.4 Å². The number of hydrogen-bond donors (Lipinski definition) is 0. The third-order valence-electron chi connectivity index (χ3n) is 3.87. The molecule has 6 heteroatoms. The first-order valence-electron chi connectivity index (χ1n) is 7.40. The smallest absolute Gasteiger partial charge is 0.338 e. The van der Waals surface area contributed by atoms with Crippen molar-refractivity contribution in [2.45, 2.75) is 26.8 Å². The van der Waals surface area contributed by atoms with E-state index in [1.54, 1.807) is 18.9 Å². The molecular formula is C17H20N2O3S. The van der Waals surface area contributed by atoms with E-state index in [0.29, 0.717) is 16.4 Å². The maximum Gasteiger partial charge on any atom is 0.338 e. The summed E-state index contributed by atoms with van der Waals surface area (Å²) in [5, 5.41) is 0.372. The molecule has 2 rings (SSSR count). The van der Waals surface area contributed by atoms with Crippen LogP contribution in [0.4, 0.5) is 0 Å². The minimum atomic E-state index is -0.573. The second-order valence-corrected chi connectivity index (χ2v) is 5.63. The summed E-state index contributed by atoms with van der Waals surface area (Å²) in [7, 11) is 1.74. The summed E-state index contributed by atoms with van der Waals surface area (Å²) in [4.78, 5) is 27.9. The normalized spacial score (nSPS) is 18.3. The van der Waals surface area contributed by atoms with Crippen LogP contribution in [-0.4, -0.2) is 40.4 Å². The van der Waals surface area contributed by atoms with Crippen LogP contribution in [0, 0.1) is 0 Å². The molecular weight excluding hydrogens is 312 g/mol. The van der Waals surface area contributed by atoms with Gasteiger partial charge in [-0.2, -0.15) is 0 Å². The van der Waals surface area contributed by atoms with Gasteiger partial charge in [0.1, 0.15) is 0 Å². The minimum absolute atomic E-state index is 0.218. The van der Waals surface area contributed by atoms with Crippen LogP contribution in [-0.2, 0) is 14.3 Å². The predicted molar refractivity (Wildman–Crippen MR) is 91.4 cm³/mol. The summed E-state index contributed by atoms with van der Waals surface area (Å²) in [6, 6.07) is 8.80. The van der Waals surface area contributed by atoms with E-state index < -0.39 is 12.0 Å². The van der Waals surface area contributed by atoms with Crippen molar-refractivity contribution in [1.82, 2.24) is 9.80 Å². The van der Waals surface area contributed by atoms with E-state index in [0.717, 1.165) is 5.56 Å². The molecule has 1 aromatic carbocycles. The molecule has 122 valence electrons. The summed E-state index contributed by atoms with van der Waals surface area (Å²) < 4.78 is 5.21. The lowest BCUT2D eigenvalue weighted by Crippen LogP contribution is -2.51. The molecule has 23 heavy (non-hydrogen) atoms. The van der Waals surface area contributed by atoms with Crippen LogP contribution < -0.4 is 0 Å².